The number of pyridine rings is 1. The van der Waals surface area contributed by atoms with Gasteiger partial charge in [0, 0.05) is 61.6 Å². The first kappa shape index (κ1) is 19.3. The Balaban J connectivity index is 1.27. The lowest BCUT2D eigenvalue weighted by atomic mass is 10.1. The van der Waals surface area contributed by atoms with Crippen LogP contribution in [0.15, 0.2) is 24.7 Å². The van der Waals surface area contributed by atoms with E-state index in [4.69, 9.17) is 4.74 Å². The van der Waals surface area contributed by atoms with Crippen molar-refractivity contribution in [2.75, 3.05) is 48.4 Å². The summed E-state index contributed by atoms with van der Waals surface area (Å²) in [5.74, 6) is 1.59. The van der Waals surface area contributed by atoms with Crippen molar-refractivity contribution in [3.63, 3.8) is 0 Å². The van der Waals surface area contributed by atoms with Gasteiger partial charge in [0.1, 0.15) is 11.5 Å². The van der Waals surface area contributed by atoms with Crippen LogP contribution in [-0.2, 0) is 6.42 Å². The van der Waals surface area contributed by atoms with Gasteiger partial charge >= 0.3 is 6.03 Å². The van der Waals surface area contributed by atoms with Gasteiger partial charge in [-0.2, -0.15) is 4.98 Å². The van der Waals surface area contributed by atoms with Crippen LogP contribution in [0.1, 0.15) is 24.1 Å². The number of imidazole rings is 1. The predicted octanol–water partition coefficient (Wildman–Crippen LogP) is 1.98. The average molecular weight is 435 g/mol. The summed E-state index contributed by atoms with van der Waals surface area (Å²) in [5, 5.41) is 6.62. The first-order valence-electron chi connectivity index (χ1n) is 11.0. The van der Waals surface area contributed by atoms with E-state index in [1.807, 2.05) is 19.3 Å². The number of methoxy groups -OCH3 is 1. The number of aromatic nitrogens is 4. The number of carbonyl (C=O) groups is 1. The third kappa shape index (κ3) is 3.13. The number of carbonyl (C=O) groups excluding carboxylic acids is 1. The Bertz CT molecular complexity index is 1220. The minimum atomic E-state index is -0.247. The molecule has 10 nitrogen and oxygen atoms in total. The third-order valence-electron chi connectivity index (χ3n) is 6.63. The van der Waals surface area contributed by atoms with Crippen molar-refractivity contribution in [1.29, 1.82) is 0 Å². The SMILES string of the molecule is COc1nc2nc(C)cn2cc1NC(=O)N1CCc2c(N3CCNC4(CC4)C3)ccnc21. The number of urea groups is 1. The van der Waals surface area contributed by atoms with E-state index in [0.29, 0.717) is 23.9 Å². The Morgan fingerprint density at radius 1 is 1.25 bits per heavy atom. The van der Waals surface area contributed by atoms with Gasteiger partial charge in [-0.25, -0.2) is 14.8 Å². The normalized spacial score (nSPS) is 18.8. The number of aryl methyl sites for hydroxylation is 1. The molecule has 166 valence electrons. The molecule has 1 aliphatic carbocycles. The number of fused-ring (bicyclic) bond motifs is 2. The van der Waals surface area contributed by atoms with Crippen LogP contribution < -0.4 is 25.2 Å². The summed E-state index contributed by atoms with van der Waals surface area (Å²) >= 11 is 0. The van der Waals surface area contributed by atoms with Gasteiger partial charge in [0.25, 0.3) is 0 Å². The van der Waals surface area contributed by atoms with E-state index in [1.54, 1.807) is 15.5 Å². The fourth-order valence-electron chi connectivity index (χ4n) is 4.87. The number of hydrogen-bond acceptors (Lipinski definition) is 7. The van der Waals surface area contributed by atoms with Gasteiger partial charge in [-0.1, -0.05) is 0 Å². The number of hydrogen-bond donors (Lipinski definition) is 2. The van der Waals surface area contributed by atoms with E-state index in [0.717, 1.165) is 43.1 Å². The molecule has 1 saturated carbocycles. The highest BCUT2D eigenvalue weighted by molar-refractivity contribution is 6.03. The lowest BCUT2D eigenvalue weighted by molar-refractivity contribution is 0.257. The van der Waals surface area contributed by atoms with Gasteiger partial charge in [-0.15, -0.1) is 0 Å². The largest absolute Gasteiger partial charge is 0.479 e. The van der Waals surface area contributed by atoms with Crippen LogP contribution in [0.5, 0.6) is 5.88 Å². The molecule has 6 rings (SSSR count). The molecule has 5 heterocycles. The number of nitrogens with zero attached hydrogens (tertiary/aromatic N) is 6. The maximum Gasteiger partial charge on any atom is 0.327 e. The van der Waals surface area contributed by atoms with E-state index in [9.17, 15) is 4.79 Å². The molecule has 2 fully saturated rings. The molecule has 2 amide bonds. The van der Waals surface area contributed by atoms with Crippen LogP contribution >= 0.6 is 0 Å². The summed E-state index contributed by atoms with van der Waals surface area (Å²) in [5.41, 5.74) is 3.97. The van der Waals surface area contributed by atoms with Crippen molar-refractivity contribution in [2.45, 2.75) is 31.7 Å². The molecular formula is C22H26N8O2. The molecule has 2 aliphatic heterocycles. The van der Waals surface area contributed by atoms with Gasteiger partial charge in [-0.3, -0.25) is 9.30 Å². The smallest absolute Gasteiger partial charge is 0.327 e. The second-order valence-electron chi connectivity index (χ2n) is 8.85. The average Bonchev–Trinajstić information content (AvgIpc) is 3.21. The van der Waals surface area contributed by atoms with Crippen LogP contribution in [0, 0.1) is 6.92 Å². The van der Waals surface area contributed by atoms with Crippen molar-refractivity contribution in [3.05, 3.63) is 35.9 Å². The first-order chi connectivity index (χ1) is 15.5. The van der Waals surface area contributed by atoms with Gasteiger partial charge in [-0.05, 0) is 32.3 Å². The molecule has 3 aromatic rings. The second kappa shape index (κ2) is 7.06. The predicted molar refractivity (Wildman–Crippen MR) is 121 cm³/mol. The molecule has 3 aliphatic rings. The Kier molecular flexibility index (Phi) is 4.26. The number of amides is 2. The summed E-state index contributed by atoms with van der Waals surface area (Å²) in [7, 11) is 1.53. The Hall–Kier alpha value is -3.40. The van der Waals surface area contributed by atoms with E-state index in [2.05, 4.69) is 36.6 Å². The molecule has 0 atom stereocenters. The number of piperazine rings is 1. The lowest BCUT2D eigenvalue weighted by Gasteiger charge is -2.36. The molecule has 10 heteroatoms. The minimum absolute atomic E-state index is 0.247. The van der Waals surface area contributed by atoms with Gasteiger partial charge in [0.15, 0.2) is 0 Å². The maximum absolute atomic E-state index is 13.2. The Labute approximate surface area is 185 Å². The zero-order valence-electron chi connectivity index (χ0n) is 18.3. The van der Waals surface area contributed by atoms with Crippen LogP contribution in [0.3, 0.4) is 0 Å². The van der Waals surface area contributed by atoms with Gasteiger partial charge < -0.3 is 20.3 Å². The summed E-state index contributed by atoms with van der Waals surface area (Å²) in [4.78, 5) is 30.7. The molecule has 2 N–H and O–H groups in total. The molecule has 0 bridgehead atoms. The van der Waals surface area contributed by atoms with Crippen LogP contribution in [0.2, 0.25) is 0 Å². The van der Waals surface area contributed by atoms with Crippen LogP contribution in [-0.4, -0.2) is 64.2 Å². The summed E-state index contributed by atoms with van der Waals surface area (Å²) in [6, 6.07) is 1.84. The van der Waals surface area contributed by atoms with Crippen molar-refractivity contribution >= 4 is 29.0 Å². The highest BCUT2D eigenvalue weighted by Crippen LogP contribution is 2.41. The van der Waals surface area contributed by atoms with Gasteiger partial charge in [0.2, 0.25) is 11.7 Å². The minimum Gasteiger partial charge on any atom is -0.479 e. The van der Waals surface area contributed by atoms with Crippen LogP contribution in [0.25, 0.3) is 5.78 Å². The second-order valence-corrected chi connectivity index (χ2v) is 8.85. The maximum atomic E-state index is 13.2. The van der Waals surface area contributed by atoms with Crippen molar-refractivity contribution < 1.29 is 9.53 Å². The highest BCUT2D eigenvalue weighted by atomic mass is 16.5. The van der Waals surface area contributed by atoms with Crippen molar-refractivity contribution in [1.82, 2.24) is 24.7 Å². The first-order valence-corrected chi connectivity index (χ1v) is 11.0. The van der Waals surface area contributed by atoms with E-state index in [-0.39, 0.29) is 11.6 Å². The molecular weight excluding hydrogens is 408 g/mol. The number of nitrogens with one attached hydrogen (secondary N) is 2. The summed E-state index contributed by atoms with van der Waals surface area (Å²) < 4.78 is 7.17. The molecule has 1 saturated heterocycles. The number of ether oxygens (including phenoxy) is 1. The lowest BCUT2D eigenvalue weighted by Crippen LogP contribution is -2.52. The Morgan fingerprint density at radius 2 is 2.12 bits per heavy atom. The molecule has 3 aromatic heterocycles. The number of rotatable bonds is 3. The summed E-state index contributed by atoms with van der Waals surface area (Å²) in [6.07, 6.45) is 8.71. The molecule has 32 heavy (non-hydrogen) atoms. The monoisotopic (exact) mass is 434 g/mol. The summed E-state index contributed by atoms with van der Waals surface area (Å²) in [6.45, 7) is 5.46. The zero-order chi connectivity index (χ0) is 21.9. The highest BCUT2D eigenvalue weighted by Gasteiger charge is 2.46. The molecule has 1 spiro atoms. The Morgan fingerprint density at radius 3 is 2.94 bits per heavy atom. The third-order valence-corrected chi connectivity index (χ3v) is 6.63. The molecule has 0 radical (unpaired) electrons. The fourth-order valence-corrected chi connectivity index (χ4v) is 4.87. The van der Waals surface area contributed by atoms with E-state index < -0.39 is 0 Å². The van der Waals surface area contributed by atoms with Crippen LogP contribution in [0.4, 0.5) is 22.0 Å². The van der Waals surface area contributed by atoms with Gasteiger partial charge in [0.05, 0.1) is 12.8 Å². The standard InChI is InChI=1S/C22H26N8O2/c1-14-11-29-12-16(19(32-2)27-20(29)25-14)26-21(31)30-9-4-15-17(3-7-23-18(15)30)28-10-8-24-22(13-28)5-6-22/h3,7,11-12,24H,4-6,8-10,13H2,1-2H3,(H,26,31). The zero-order valence-corrected chi connectivity index (χ0v) is 18.3. The quantitative estimate of drug-likeness (QED) is 0.650. The molecule has 0 aromatic carbocycles. The van der Waals surface area contributed by atoms with E-state index in [1.165, 1.54) is 25.6 Å². The fraction of sp³-hybridized carbons (Fsp3) is 0.455. The topological polar surface area (TPSA) is 99.9 Å². The van der Waals surface area contributed by atoms with Crippen molar-refractivity contribution in [3.8, 4) is 5.88 Å². The van der Waals surface area contributed by atoms with E-state index >= 15 is 0 Å². The molecule has 0 unspecified atom stereocenters. The number of anilines is 3. The van der Waals surface area contributed by atoms with Crippen molar-refractivity contribution in [2.24, 2.45) is 0 Å².